The second-order valence-electron chi connectivity index (χ2n) is 13.5. The molecule has 6 heteroatoms. The van der Waals surface area contributed by atoms with Gasteiger partial charge in [0.2, 0.25) is 0 Å². The number of rotatable bonds is 10. The predicted molar refractivity (Wildman–Crippen MR) is 205 cm³/mol. The summed E-state index contributed by atoms with van der Waals surface area (Å²) in [5.74, 6) is 0. The third-order valence-corrected chi connectivity index (χ3v) is 10.4. The molecule has 1 aliphatic heterocycles. The van der Waals surface area contributed by atoms with Gasteiger partial charge in [-0.25, -0.2) is 9.13 Å². The number of aromatic nitrogens is 6. The summed E-state index contributed by atoms with van der Waals surface area (Å²) in [5.41, 5.74) is 14.2. The molecule has 0 unspecified atom stereocenters. The number of aromatic amines is 4. The molecular formula is C44H48N6+2. The normalized spacial score (nSPS) is 12.1. The lowest BCUT2D eigenvalue weighted by atomic mass is 10.0. The van der Waals surface area contributed by atoms with Gasteiger partial charge in [0.05, 0.1) is 0 Å². The van der Waals surface area contributed by atoms with E-state index in [4.69, 9.17) is 0 Å². The zero-order chi connectivity index (χ0) is 34.8. The molecule has 1 aliphatic rings. The van der Waals surface area contributed by atoms with Crippen molar-refractivity contribution in [2.24, 2.45) is 0 Å². The van der Waals surface area contributed by atoms with Crippen molar-refractivity contribution in [3.05, 3.63) is 163 Å². The van der Waals surface area contributed by atoms with Crippen LogP contribution < -0.4 is 30.5 Å². The lowest BCUT2D eigenvalue weighted by Crippen LogP contribution is -2.32. The van der Waals surface area contributed by atoms with Crippen molar-refractivity contribution in [2.75, 3.05) is 0 Å². The highest BCUT2D eigenvalue weighted by Crippen LogP contribution is 2.23. The Bertz CT molecular complexity index is 2450. The Morgan fingerprint density at radius 2 is 0.980 bits per heavy atom. The van der Waals surface area contributed by atoms with E-state index in [1.807, 2.05) is 12.2 Å². The van der Waals surface area contributed by atoms with Crippen LogP contribution in [-0.2, 0) is 25.9 Å². The molecule has 0 saturated heterocycles. The Morgan fingerprint density at radius 3 is 1.62 bits per heavy atom. The molecule has 6 aromatic heterocycles. The van der Waals surface area contributed by atoms with Crippen molar-refractivity contribution in [1.29, 1.82) is 0 Å². The molecule has 0 radical (unpaired) electrons. The van der Waals surface area contributed by atoms with Crippen LogP contribution in [0.25, 0.3) is 36.5 Å². The molecule has 0 fully saturated rings. The van der Waals surface area contributed by atoms with Crippen LogP contribution in [0.15, 0.2) is 74.3 Å². The largest absolute Gasteiger partial charge is 0.355 e. The van der Waals surface area contributed by atoms with Crippen molar-refractivity contribution in [1.82, 2.24) is 19.9 Å². The lowest BCUT2D eigenvalue weighted by Gasteiger charge is -2.03. The Labute approximate surface area is 294 Å². The summed E-state index contributed by atoms with van der Waals surface area (Å²) in [4.78, 5) is 15.2. The standard InChI is InChI=1S/C44H48N6/c1-7-33-29(3)37-25-38-31(5)35(17-15-23-49-19-11-9-12-20-49)43(47-38)28-44-36(18-16-24-50-21-13-10-14-22-50)32(6)40(48-44)27-42-34(8-2)30(4)39(46-42)26-41(33)45-37/h7-14,19-22,25-28,45-48H,1-2,15-18,23-24H2,3-6H3/q+2. The average molecular weight is 661 g/mol. The van der Waals surface area contributed by atoms with Crippen LogP contribution in [0.2, 0.25) is 0 Å². The fourth-order valence-electron chi connectivity index (χ4n) is 7.51. The monoisotopic (exact) mass is 660 g/mol. The van der Waals surface area contributed by atoms with Gasteiger partial charge in [0.25, 0.3) is 0 Å². The summed E-state index contributed by atoms with van der Waals surface area (Å²) >= 11 is 0. The number of aryl methyl sites for hydroxylation is 2. The van der Waals surface area contributed by atoms with Gasteiger partial charge in [0.15, 0.2) is 24.8 Å². The van der Waals surface area contributed by atoms with E-state index in [1.54, 1.807) is 0 Å². The molecule has 50 heavy (non-hydrogen) atoms. The summed E-state index contributed by atoms with van der Waals surface area (Å²) in [6, 6.07) is 12.5. The topological polar surface area (TPSA) is 70.9 Å². The number of H-pyrrole nitrogens is 4. The van der Waals surface area contributed by atoms with Gasteiger partial charge in [-0.05, 0) is 98.2 Å². The van der Waals surface area contributed by atoms with Gasteiger partial charge in [-0.2, -0.15) is 0 Å². The minimum Gasteiger partial charge on any atom is -0.355 e. The van der Waals surface area contributed by atoms with Gasteiger partial charge in [-0.15, -0.1) is 0 Å². The molecule has 8 bridgehead atoms. The molecule has 0 saturated carbocycles. The summed E-state index contributed by atoms with van der Waals surface area (Å²) in [6.45, 7) is 19.2. The highest BCUT2D eigenvalue weighted by Gasteiger charge is 2.17. The van der Waals surface area contributed by atoms with E-state index in [0.717, 1.165) is 94.1 Å². The minimum atomic E-state index is 0.965. The molecule has 252 valence electrons. The molecular weight excluding hydrogens is 613 g/mol. The first-order chi connectivity index (χ1) is 24.3. The van der Waals surface area contributed by atoms with E-state index in [1.165, 1.54) is 33.4 Å². The Balaban J connectivity index is 1.43. The minimum absolute atomic E-state index is 0.965. The molecule has 0 aromatic carbocycles. The third kappa shape index (κ3) is 6.41. The number of hydrogen-bond acceptors (Lipinski definition) is 0. The van der Waals surface area contributed by atoms with Crippen molar-refractivity contribution in [2.45, 2.75) is 66.5 Å². The summed E-state index contributed by atoms with van der Waals surface area (Å²) < 4.78 is 4.53. The van der Waals surface area contributed by atoms with E-state index < -0.39 is 0 Å². The number of nitrogens with one attached hydrogen (secondary N) is 4. The van der Waals surface area contributed by atoms with Gasteiger partial charge >= 0.3 is 0 Å². The van der Waals surface area contributed by atoms with E-state index in [9.17, 15) is 0 Å². The third-order valence-electron chi connectivity index (χ3n) is 10.4. The fourth-order valence-corrected chi connectivity index (χ4v) is 7.51. The second-order valence-corrected chi connectivity index (χ2v) is 13.5. The van der Waals surface area contributed by atoms with Crippen LogP contribution in [0.4, 0.5) is 0 Å². The Kier molecular flexibility index (Phi) is 9.27. The molecule has 0 atom stereocenters. The van der Waals surface area contributed by atoms with Gasteiger partial charge < -0.3 is 19.9 Å². The van der Waals surface area contributed by atoms with Gasteiger partial charge in [0, 0.05) is 92.4 Å². The van der Waals surface area contributed by atoms with E-state index in [0.29, 0.717) is 0 Å². The maximum atomic E-state index is 4.19. The van der Waals surface area contributed by atoms with Crippen LogP contribution >= 0.6 is 0 Å². The van der Waals surface area contributed by atoms with E-state index >= 15 is 0 Å². The molecule has 0 spiro atoms. The second kappa shape index (κ2) is 14.1. The maximum absolute atomic E-state index is 4.19. The number of fused-ring (bicyclic) bond motifs is 8. The SMILES string of the molecule is C=Cc1c2[nH]c(c1C)C=c1[nH]c(c(CCC[n+]3ccccc3)c1C)=Cc1[nH]c(c(C)c1CCC[n+]1ccccc1)C=c1[nH]c(c(C)c1C=C)=C2. The zero-order valence-electron chi connectivity index (χ0n) is 29.8. The maximum Gasteiger partial charge on any atom is 0.168 e. The smallest absolute Gasteiger partial charge is 0.168 e. The van der Waals surface area contributed by atoms with E-state index in [-0.39, 0.29) is 0 Å². The molecule has 7 rings (SSSR count). The van der Waals surface area contributed by atoms with Gasteiger partial charge in [-0.1, -0.05) is 37.4 Å². The highest BCUT2D eigenvalue weighted by molar-refractivity contribution is 5.72. The van der Waals surface area contributed by atoms with E-state index in [2.05, 4.69) is 155 Å². The van der Waals surface area contributed by atoms with Crippen LogP contribution in [-0.4, -0.2) is 19.9 Å². The molecule has 0 amide bonds. The summed E-state index contributed by atoms with van der Waals surface area (Å²) in [5, 5.41) is 4.39. The van der Waals surface area contributed by atoms with Crippen molar-refractivity contribution < 1.29 is 9.13 Å². The van der Waals surface area contributed by atoms with Crippen LogP contribution in [0.5, 0.6) is 0 Å². The molecule has 7 heterocycles. The summed E-state index contributed by atoms with van der Waals surface area (Å²) in [6.07, 6.45) is 25.6. The number of nitrogens with zero attached hydrogens (tertiary/aromatic N) is 2. The van der Waals surface area contributed by atoms with Gasteiger partial charge in [-0.3, -0.25) is 0 Å². The molecule has 4 N–H and O–H groups in total. The lowest BCUT2D eigenvalue weighted by molar-refractivity contribution is -0.697. The molecule has 0 aliphatic carbocycles. The van der Waals surface area contributed by atoms with Gasteiger partial charge in [0.1, 0.15) is 13.1 Å². The van der Waals surface area contributed by atoms with Crippen molar-refractivity contribution in [3.8, 4) is 0 Å². The van der Waals surface area contributed by atoms with Crippen molar-refractivity contribution >= 4 is 36.5 Å². The highest BCUT2D eigenvalue weighted by atomic mass is 14.9. The number of pyridine rings is 2. The first-order valence-corrected chi connectivity index (χ1v) is 17.7. The Hall–Kier alpha value is -5.62. The van der Waals surface area contributed by atoms with Crippen LogP contribution in [0.3, 0.4) is 0 Å². The van der Waals surface area contributed by atoms with Crippen LogP contribution in [0, 0.1) is 27.7 Å². The quantitative estimate of drug-likeness (QED) is 0.150. The first kappa shape index (κ1) is 32.9. The first-order valence-electron chi connectivity index (χ1n) is 17.7. The summed E-state index contributed by atoms with van der Waals surface area (Å²) in [7, 11) is 0. The average Bonchev–Trinajstić information content (AvgIpc) is 3.79. The predicted octanol–water partition coefficient (Wildman–Crippen LogP) is 4.99. The Morgan fingerprint density at radius 1 is 0.480 bits per heavy atom. The van der Waals surface area contributed by atoms with Crippen LogP contribution in [0.1, 0.15) is 80.1 Å². The molecule has 6 aromatic rings. The van der Waals surface area contributed by atoms with Crippen molar-refractivity contribution in [3.63, 3.8) is 0 Å². The zero-order valence-corrected chi connectivity index (χ0v) is 29.8. The number of hydrogen-bond donors (Lipinski definition) is 4. The fraction of sp³-hybridized carbons (Fsp3) is 0.227. The molecule has 6 nitrogen and oxygen atoms in total.